The molecule has 0 heterocycles. The lowest BCUT2D eigenvalue weighted by Gasteiger charge is -2.13. The van der Waals surface area contributed by atoms with Crippen molar-refractivity contribution in [3.05, 3.63) is 72.3 Å². The van der Waals surface area contributed by atoms with E-state index in [-0.39, 0.29) is 12.4 Å². The van der Waals surface area contributed by atoms with Crippen LogP contribution >= 0.6 is 0 Å². The zero-order valence-corrected chi connectivity index (χ0v) is 21.9. The Hall–Kier alpha value is -5.06. The zero-order valence-electron chi connectivity index (χ0n) is 21.9. The molecule has 0 aliphatic heterocycles. The van der Waals surface area contributed by atoms with Gasteiger partial charge in [-0.2, -0.15) is 5.10 Å². The fraction of sp³-hybridized carbons (Fsp3) is 0.214. The lowest BCUT2D eigenvalue weighted by Crippen LogP contribution is -2.32. The lowest BCUT2D eigenvalue weighted by molar-refractivity contribution is -0.136. The molecule has 0 spiro atoms. The first-order chi connectivity index (χ1) is 18.9. The summed E-state index contributed by atoms with van der Waals surface area (Å²) in [6.07, 6.45) is 1.28. The maximum Gasteiger partial charge on any atom is 0.329 e. The minimum atomic E-state index is -0.988. The average Bonchev–Trinajstić information content (AvgIpc) is 2.94. The fourth-order valence-electron chi connectivity index (χ4n) is 3.33. The molecule has 0 aliphatic carbocycles. The van der Waals surface area contributed by atoms with Crippen LogP contribution in [0.15, 0.2) is 71.8 Å². The van der Waals surface area contributed by atoms with Gasteiger partial charge < -0.3 is 29.6 Å². The van der Waals surface area contributed by atoms with Crippen molar-refractivity contribution < 1.29 is 33.3 Å². The van der Waals surface area contributed by atoms with E-state index in [2.05, 4.69) is 21.2 Å². The van der Waals surface area contributed by atoms with Crippen LogP contribution < -0.4 is 35.0 Å². The van der Waals surface area contributed by atoms with Crippen molar-refractivity contribution in [1.82, 2.24) is 5.43 Å². The van der Waals surface area contributed by atoms with Gasteiger partial charge in [-0.1, -0.05) is 18.2 Å². The number of nitrogens with one attached hydrogen (secondary N) is 3. The van der Waals surface area contributed by atoms with Crippen molar-refractivity contribution in [2.45, 2.75) is 13.8 Å². The van der Waals surface area contributed by atoms with Crippen molar-refractivity contribution in [2.75, 3.05) is 37.6 Å². The Labute approximate surface area is 226 Å². The van der Waals surface area contributed by atoms with Gasteiger partial charge in [0, 0.05) is 11.3 Å². The molecule has 0 bridgehead atoms. The summed E-state index contributed by atoms with van der Waals surface area (Å²) >= 11 is 0. The topological polar surface area (TPSA) is 137 Å². The van der Waals surface area contributed by atoms with Crippen LogP contribution in [-0.2, 0) is 14.4 Å². The number of hydrazone groups is 1. The highest BCUT2D eigenvalue weighted by molar-refractivity contribution is 6.39. The van der Waals surface area contributed by atoms with Crippen molar-refractivity contribution in [3.8, 4) is 23.0 Å². The van der Waals surface area contributed by atoms with Gasteiger partial charge in [0.25, 0.3) is 5.91 Å². The van der Waals surface area contributed by atoms with Crippen LogP contribution in [0.1, 0.15) is 19.4 Å². The summed E-state index contributed by atoms with van der Waals surface area (Å²) in [6.45, 7) is 4.33. The first kappa shape index (κ1) is 28.5. The predicted molar refractivity (Wildman–Crippen MR) is 147 cm³/mol. The number of hydrogen-bond donors (Lipinski definition) is 3. The Kier molecular flexibility index (Phi) is 10.7. The monoisotopic (exact) mass is 534 g/mol. The maximum absolute atomic E-state index is 12.4. The van der Waals surface area contributed by atoms with Crippen LogP contribution in [0.2, 0.25) is 0 Å². The second-order valence-corrected chi connectivity index (χ2v) is 7.76. The van der Waals surface area contributed by atoms with E-state index in [4.69, 9.17) is 18.9 Å². The van der Waals surface area contributed by atoms with E-state index < -0.39 is 17.7 Å². The third-order valence-electron chi connectivity index (χ3n) is 5.04. The molecule has 0 atom stereocenters. The first-order valence-corrected chi connectivity index (χ1v) is 12.1. The Morgan fingerprint density at radius 1 is 0.795 bits per heavy atom. The zero-order chi connectivity index (χ0) is 28.0. The SMILES string of the molecule is CCOc1ccc(NC(=O)COc2c(/C=N\NC(=O)C(=O)Nc3ccccc3OCC)cccc2OC)cc1. The molecule has 0 unspecified atom stereocenters. The first-order valence-electron chi connectivity index (χ1n) is 12.1. The molecule has 3 N–H and O–H groups in total. The second kappa shape index (κ2) is 14.6. The summed E-state index contributed by atoms with van der Waals surface area (Å²) in [6, 6.07) is 18.7. The summed E-state index contributed by atoms with van der Waals surface area (Å²) in [5, 5.41) is 9.08. The second-order valence-electron chi connectivity index (χ2n) is 7.76. The van der Waals surface area contributed by atoms with Gasteiger partial charge in [0.15, 0.2) is 18.1 Å². The van der Waals surface area contributed by atoms with Crippen molar-refractivity contribution in [1.29, 1.82) is 0 Å². The number of amides is 3. The van der Waals surface area contributed by atoms with Gasteiger partial charge in [0.05, 0.1) is 32.2 Å². The molecule has 3 amide bonds. The number of methoxy groups -OCH3 is 1. The molecule has 0 saturated carbocycles. The molecule has 0 aromatic heterocycles. The summed E-state index contributed by atoms with van der Waals surface area (Å²) in [5.74, 6) is -0.589. The van der Waals surface area contributed by atoms with E-state index in [1.807, 2.05) is 13.8 Å². The summed E-state index contributed by atoms with van der Waals surface area (Å²) in [4.78, 5) is 37.0. The highest BCUT2D eigenvalue weighted by Gasteiger charge is 2.16. The number of rotatable bonds is 12. The largest absolute Gasteiger partial charge is 0.494 e. The van der Waals surface area contributed by atoms with Crippen LogP contribution in [0, 0.1) is 0 Å². The van der Waals surface area contributed by atoms with Gasteiger partial charge in [-0.25, -0.2) is 5.43 Å². The van der Waals surface area contributed by atoms with E-state index in [9.17, 15) is 14.4 Å². The molecule has 3 rings (SSSR count). The van der Waals surface area contributed by atoms with Gasteiger partial charge in [0.2, 0.25) is 0 Å². The molecular weight excluding hydrogens is 504 g/mol. The van der Waals surface area contributed by atoms with E-state index in [1.54, 1.807) is 66.7 Å². The van der Waals surface area contributed by atoms with Crippen LogP contribution in [0.5, 0.6) is 23.0 Å². The standard InChI is InChI=1S/C28H30N4O7/c1-4-37-21-15-13-20(14-16-21)30-25(33)18-39-26-19(9-8-12-24(26)36-3)17-29-32-28(35)27(34)31-22-10-6-7-11-23(22)38-5-2/h6-17H,4-5,18H2,1-3H3,(H,30,33)(H,31,34)(H,32,35)/b29-17-. The molecule has 11 nitrogen and oxygen atoms in total. The number of nitrogens with zero attached hydrogens (tertiary/aromatic N) is 1. The highest BCUT2D eigenvalue weighted by Crippen LogP contribution is 2.30. The van der Waals surface area contributed by atoms with Gasteiger partial charge in [-0.3, -0.25) is 14.4 Å². The number of hydrogen-bond acceptors (Lipinski definition) is 8. The fourth-order valence-corrected chi connectivity index (χ4v) is 3.33. The Morgan fingerprint density at radius 2 is 1.51 bits per heavy atom. The van der Waals surface area contributed by atoms with Gasteiger partial charge in [-0.05, 0) is 62.4 Å². The van der Waals surface area contributed by atoms with E-state index in [0.717, 1.165) is 0 Å². The number of carbonyl (C=O) groups excluding carboxylic acids is 3. The Bertz CT molecular complexity index is 1310. The van der Waals surface area contributed by atoms with Crippen molar-refractivity contribution in [2.24, 2.45) is 5.10 Å². The molecule has 3 aromatic carbocycles. The molecule has 3 aromatic rings. The summed E-state index contributed by atoms with van der Waals surface area (Å²) in [5.41, 5.74) is 3.52. The van der Waals surface area contributed by atoms with E-state index in [0.29, 0.717) is 47.4 Å². The number of para-hydroxylation sites is 3. The lowest BCUT2D eigenvalue weighted by atomic mass is 10.2. The predicted octanol–water partition coefficient (Wildman–Crippen LogP) is 3.60. The summed E-state index contributed by atoms with van der Waals surface area (Å²) in [7, 11) is 1.45. The minimum Gasteiger partial charge on any atom is -0.494 e. The number of benzene rings is 3. The maximum atomic E-state index is 12.4. The molecular formula is C28H30N4O7. The molecule has 11 heteroatoms. The van der Waals surface area contributed by atoms with Crippen molar-refractivity contribution in [3.63, 3.8) is 0 Å². The third kappa shape index (κ3) is 8.49. The molecule has 0 fully saturated rings. The highest BCUT2D eigenvalue weighted by atomic mass is 16.5. The van der Waals surface area contributed by atoms with E-state index in [1.165, 1.54) is 13.3 Å². The third-order valence-corrected chi connectivity index (χ3v) is 5.04. The van der Waals surface area contributed by atoms with Crippen LogP contribution in [0.4, 0.5) is 11.4 Å². The smallest absolute Gasteiger partial charge is 0.329 e. The Balaban J connectivity index is 1.60. The number of anilines is 2. The average molecular weight is 535 g/mol. The van der Waals surface area contributed by atoms with Gasteiger partial charge in [0.1, 0.15) is 11.5 Å². The molecule has 0 radical (unpaired) electrons. The molecule has 0 saturated heterocycles. The Morgan fingerprint density at radius 3 is 2.23 bits per heavy atom. The molecule has 0 aliphatic rings. The van der Waals surface area contributed by atoms with Crippen LogP contribution in [0.3, 0.4) is 0 Å². The van der Waals surface area contributed by atoms with Gasteiger partial charge >= 0.3 is 11.8 Å². The number of ether oxygens (including phenoxy) is 4. The van der Waals surface area contributed by atoms with Gasteiger partial charge in [-0.15, -0.1) is 0 Å². The molecule has 204 valence electrons. The normalized spacial score (nSPS) is 10.4. The van der Waals surface area contributed by atoms with Crippen molar-refractivity contribution >= 4 is 35.3 Å². The quantitative estimate of drug-likeness (QED) is 0.183. The van der Waals surface area contributed by atoms with E-state index >= 15 is 0 Å². The van der Waals surface area contributed by atoms with Crippen LogP contribution in [-0.4, -0.2) is 50.9 Å². The summed E-state index contributed by atoms with van der Waals surface area (Å²) < 4.78 is 21.9. The molecule has 39 heavy (non-hydrogen) atoms. The number of carbonyl (C=O) groups is 3. The minimum absolute atomic E-state index is 0.231. The van der Waals surface area contributed by atoms with Crippen LogP contribution in [0.25, 0.3) is 0 Å².